The summed E-state index contributed by atoms with van der Waals surface area (Å²) in [5, 5.41) is 4.17. The highest BCUT2D eigenvalue weighted by molar-refractivity contribution is 9.11. The Hall–Kier alpha value is 0.360. The van der Waals surface area contributed by atoms with Gasteiger partial charge in [-0.1, -0.05) is 0 Å². The van der Waals surface area contributed by atoms with Gasteiger partial charge in [-0.3, -0.25) is 0 Å². The molecule has 0 radical (unpaired) electrons. The van der Waals surface area contributed by atoms with Crippen molar-refractivity contribution in [3.8, 4) is 11.1 Å². The molecule has 0 spiro atoms. The van der Waals surface area contributed by atoms with Gasteiger partial charge in [-0.25, -0.2) is 0 Å². The summed E-state index contributed by atoms with van der Waals surface area (Å²) < 4.78 is 2.39. The van der Waals surface area contributed by atoms with Crippen LogP contribution in [0, 0.1) is 0 Å². The van der Waals surface area contributed by atoms with Crippen LogP contribution in [0.15, 0.2) is 30.5 Å². The highest BCUT2D eigenvalue weighted by Crippen LogP contribution is 2.39. The van der Waals surface area contributed by atoms with Crippen molar-refractivity contribution in [2.45, 2.75) is 0 Å². The lowest BCUT2D eigenvalue weighted by atomic mass is 10.2. The molecule has 0 N–H and O–H groups in total. The highest BCUT2D eigenvalue weighted by Gasteiger charge is 2.08. The zero-order valence-electron chi connectivity index (χ0n) is 5.88. The molecule has 0 aliphatic rings. The van der Waals surface area contributed by atoms with Crippen molar-refractivity contribution < 1.29 is 0 Å². The molecule has 2 aromatic rings. The van der Waals surface area contributed by atoms with E-state index in [-0.39, 0.29) is 0 Å². The molecule has 0 saturated carbocycles. The summed E-state index contributed by atoms with van der Waals surface area (Å²) in [6.07, 6.45) is 0. The van der Waals surface area contributed by atoms with E-state index in [1.807, 2.05) is 0 Å². The molecule has 0 aromatic carbocycles. The number of hydrogen-bond acceptors (Lipinski definition) is 2. The van der Waals surface area contributed by atoms with Crippen LogP contribution < -0.4 is 0 Å². The number of halogens is 2. The topological polar surface area (TPSA) is 0 Å². The Morgan fingerprint density at radius 1 is 0.833 bits per heavy atom. The van der Waals surface area contributed by atoms with Gasteiger partial charge in [0.1, 0.15) is 0 Å². The Morgan fingerprint density at radius 3 is 1.50 bits per heavy atom. The highest BCUT2D eigenvalue weighted by atomic mass is 79.9. The molecule has 0 amide bonds. The van der Waals surface area contributed by atoms with Crippen LogP contribution in [0.25, 0.3) is 11.1 Å². The van der Waals surface area contributed by atoms with Gasteiger partial charge in [0, 0.05) is 11.1 Å². The lowest BCUT2D eigenvalue weighted by Gasteiger charge is -1.94. The summed E-state index contributed by atoms with van der Waals surface area (Å²) >= 11 is 10.5. The minimum Gasteiger partial charge on any atom is -0.136 e. The number of thiophene rings is 2. The molecular weight excluding hydrogens is 320 g/mol. The van der Waals surface area contributed by atoms with Crippen molar-refractivity contribution in [2.24, 2.45) is 0 Å². The van der Waals surface area contributed by atoms with Crippen LogP contribution >= 0.6 is 54.5 Å². The molecule has 0 aliphatic carbocycles. The van der Waals surface area contributed by atoms with Crippen LogP contribution in [0.2, 0.25) is 0 Å². The van der Waals surface area contributed by atoms with Gasteiger partial charge in [0.05, 0.1) is 7.57 Å². The van der Waals surface area contributed by atoms with Crippen molar-refractivity contribution >= 4 is 54.5 Å². The van der Waals surface area contributed by atoms with Gasteiger partial charge in [-0.05, 0) is 54.8 Å². The van der Waals surface area contributed by atoms with Crippen LogP contribution in [0.4, 0.5) is 0 Å². The molecule has 0 bridgehead atoms. The molecule has 4 heteroatoms. The first-order valence-corrected chi connectivity index (χ1v) is 6.60. The smallest absolute Gasteiger partial charge is 0.0777 e. The van der Waals surface area contributed by atoms with Crippen LogP contribution in [-0.2, 0) is 0 Å². The third-order valence-electron chi connectivity index (χ3n) is 1.53. The van der Waals surface area contributed by atoms with E-state index >= 15 is 0 Å². The molecule has 0 nitrogen and oxygen atoms in total. The van der Waals surface area contributed by atoms with Gasteiger partial charge < -0.3 is 0 Å². The molecule has 0 fully saturated rings. The Morgan fingerprint density at radius 2 is 1.25 bits per heavy atom. The molecule has 0 unspecified atom stereocenters. The van der Waals surface area contributed by atoms with Gasteiger partial charge in [0.25, 0.3) is 0 Å². The van der Waals surface area contributed by atoms with E-state index in [1.54, 1.807) is 22.7 Å². The van der Waals surface area contributed by atoms with Gasteiger partial charge in [-0.2, -0.15) is 0 Å². The fourth-order valence-electron chi connectivity index (χ4n) is 0.973. The molecule has 2 aromatic heterocycles. The molecule has 62 valence electrons. The predicted octanol–water partition coefficient (Wildman–Crippen LogP) is 5.00. The van der Waals surface area contributed by atoms with Crippen LogP contribution in [0.1, 0.15) is 0 Å². The van der Waals surface area contributed by atoms with E-state index in [1.165, 1.54) is 18.7 Å². The predicted molar refractivity (Wildman–Crippen MR) is 63.0 cm³/mol. The van der Waals surface area contributed by atoms with Crippen molar-refractivity contribution in [3.63, 3.8) is 0 Å². The second-order valence-corrected chi connectivity index (χ2v) is 6.68. The van der Waals surface area contributed by atoms with Gasteiger partial charge in [0.2, 0.25) is 0 Å². The van der Waals surface area contributed by atoms with E-state index in [9.17, 15) is 0 Å². The molecule has 12 heavy (non-hydrogen) atoms. The second-order valence-electron chi connectivity index (χ2n) is 2.22. The maximum atomic E-state index is 3.52. The van der Waals surface area contributed by atoms with Crippen molar-refractivity contribution in [1.82, 2.24) is 0 Å². The number of rotatable bonds is 1. The summed E-state index contributed by atoms with van der Waals surface area (Å²) in [6.45, 7) is 0. The minimum atomic E-state index is 1.20. The van der Waals surface area contributed by atoms with E-state index in [0.717, 1.165) is 0 Å². The lowest BCUT2D eigenvalue weighted by Crippen LogP contribution is -1.68. The monoisotopic (exact) mass is 322 g/mol. The zero-order chi connectivity index (χ0) is 8.55. The normalized spacial score (nSPS) is 10.5. The average molecular weight is 324 g/mol. The lowest BCUT2D eigenvalue weighted by molar-refractivity contribution is 1.78. The first-order valence-electron chi connectivity index (χ1n) is 3.25. The van der Waals surface area contributed by atoms with Gasteiger partial charge >= 0.3 is 0 Å². The molecule has 0 aliphatic heterocycles. The van der Waals surface area contributed by atoms with E-state index < -0.39 is 0 Å². The van der Waals surface area contributed by atoms with Crippen LogP contribution in [0.3, 0.4) is 0 Å². The fraction of sp³-hybridized carbons (Fsp3) is 0. The van der Waals surface area contributed by atoms with Crippen LogP contribution in [0.5, 0.6) is 0 Å². The summed E-state index contributed by atoms with van der Waals surface area (Å²) in [6, 6.07) is 4.25. The SMILES string of the molecule is Brc1sccc1-c1ccsc1Br. The summed E-state index contributed by atoms with van der Waals surface area (Å²) in [7, 11) is 0. The summed E-state index contributed by atoms with van der Waals surface area (Å²) in [4.78, 5) is 0. The first-order chi connectivity index (χ1) is 5.79. The molecular formula is C8H4Br2S2. The minimum absolute atomic E-state index is 1.20. The molecule has 0 saturated heterocycles. The second kappa shape index (κ2) is 3.62. The standard InChI is InChI=1S/C8H4Br2S2/c9-7-5(1-3-11-7)6-2-4-12-8(6)10/h1-4H. The van der Waals surface area contributed by atoms with E-state index in [2.05, 4.69) is 54.8 Å². The zero-order valence-corrected chi connectivity index (χ0v) is 10.7. The molecule has 0 atom stereocenters. The van der Waals surface area contributed by atoms with Gasteiger partial charge in [0.15, 0.2) is 0 Å². The van der Waals surface area contributed by atoms with Crippen LogP contribution in [-0.4, -0.2) is 0 Å². The van der Waals surface area contributed by atoms with E-state index in [4.69, 9.17) is 0 Å². The Labute approximate surface area is 95.5 Å². The molecule has 2 rings (SSSR count). The van der Waals surface area contributed by atoms with Crippen molar-refractivity contribution in [2.75, 3.05) is 0 Å². The third-order valence-corrected chi connectivity index (χ3v) is 4.90. The van der Waals surface area contributed by atoms with Crippen molar-refractivity contribution in [3.05, 3.63) is 30.5 Å². The first kappa shape index (κ1) is 8.94. The fourth-order valence-corrected chi connectivity index (χ4v) is 3.57. The maximum absolute atomic E-state index is 3.52. The Kier molecular flexibility index (Phi) is 2.69. The number of hydrogen-bond donors (Lipinski definition) is 0. The quantitative estimate of drug-likeness (QED) is 0.692. The Balaban J connectivity index is 2.57. The maximum Gasteiger partial charge on any atom is 0.0777 e. The summed E-state index contributed by atoms with van der Waals surface area (Å²) in [5.74, 6) is 0. The summed E-state index contributed by atoms with van der Waals surface area (Å²) in [5.41, 5.74) is 2.54. The van der Waals surface area contributed by atoms with Crippen molar-refractivity contribution in [1.29, 1.82) is 0 Å². The Bertz CT molecular complexity index is 351. The van der Waals surface area contributed by atoms with E-state index in [0.29, 0.717) is 0 Å². The molecule has 2 heterocycles. The van der Waals surface area contributed by atoms with Gasteiger partial charge in [-0.15, -0.1) is 22.7 Å². The third kappa shape index (κ3) is 1.53. The largest absolute Gasteiger partial charge is 0.136 e. The average Bonchev–Trinajstić information content (AvgIpc) is 2.59.